The predicted octanol–water partition coefficient (Wildman–Crippen LogP) is 3.61. The monoisotopic (exact) mass is 307 g/mol. The molecule has 5 heteroatoms. The van der Waals surface area contributed by atoms with Gasteiger partial charge in [-0.3, -0.25) is 4.98 Å². The number of halogens is 1. The van der Waals surface area contributed by atoms with Crippen molar-refractivity contribution in [2.45, 2.75) is 26.1 Å². The normalized spacial score (nSPS) is 12.3. The third kappa shape index (κ3) is 3.86. The molecule has 1 unspecified atom stereocenters. The second-order valence-electron chi connectivity index (χ2n) is 4.92. The molecule has 1 atom stereocenters. The Morgan fingerprint density at radius 2 is 1.90 bits per heavy atom. The van der Waals surface area contributed by atoms with Gasteiger partial charge in [0.2, 0.25) is 0 Å². The lowest BCUT2D eigenvalue weighted by Crippen LogP contribution is -2.07. The topological polar surface area (TPSA) is 51.6 Å². The van der Waals surface area contributed by atoms with Crippen molar-refractivity contribution >= 4 is 11.6 Å². The van der Waals surface area contributed by atoms with Crippen molar-refractivity contribution in [3.8, 4) is 11.5 Å². The molecule has 1 aromatic carbocycles. The number of benzene rings is 1. The third-order valence-corrected chi connectivity index (χ3v) is 3.21. The Hall–Kier alpha value is -1.78. The predicted molar refractivity (Wildman–Crippen MR) is 82.1 cm³/mol. The average Bonchev–Trinajstić information content (AvgIpc) is 2.46. The Labute approximate surface area is 129 Å². The molecule has 0 aliphatic carbocycles. The summed E-state index contributed by atoms with van der Waals surface area (Å²) in [4.78, 5) is 4.10. The first-order valence-corrected chi connectivity index (χ1v) is 7.02. The number of aliphatic hydroxyl groups is 1. The van der Waals surface area contributed by atoms with Crippen LogP contribution in [0.3, 0.4) is 0 Å². The molecule has 1 heterocycles. The maximum atomic E-state index is 10.4. The highest BCUT2D eigenvalue weighted by molar-refractivity contribution is 6.32. The van der Waals surface area contributed by atoms with Gasteiger partial charge in [0.1, 0.15) is 17.6 Å². The van der Waals surface area contributed by atoms with Crippen LogP contribution in [0.1, 0.15) is 31.1 Å². The minimum absolute atomic E-state index is 0.0506. The number of ether oxygens (including phenoxy) is 2. The van der Waals surface area contributed by atoms with Gasteiger partial charge >= 0.3 is 0 Å². The van der Waals surface area contributed by atoms with Crippen LogP contribution in [-0.4, -0.2) is 23.3 Å². The van der Waals surface area contributed by atoms with E-state index in [-0.39, 0.29) is 6.10 Å². The number of hydrogen-bond acceptors (Lipinski definition) is 4. The molecular weight excluding hydrogens is 290 g/mol. The van der Waals surface area contributed by atoms with Crippen LogP contribution in [0.15, 0.2) is 36.7 Å². The van der Waals surface area contributed by atoms with Crippen molar-refractivity contribution < 1.29 is 14.6 Å². The summed E-state index contributed by atoms with van der Waals surface area (Å²) in [7, 11) is 1.55. The summed E-state index contributed by atoms with van der Waals surface area (Å²) < 4.78 is 10.7. The second kappa shape index (κ2) is 6.78. The molecule has 0 radical (unpaired) electrons. The van der Waals surface area contributed by atoms with E-state index >= 15 is 0 Å². The quantitative estimate of drug-likeness (QED) is 0.916. The lowest BCUT2D eigenvalue weighted by molar-refractivity contribution is 0.215. The van der Waals surface area contributed by atoms with Crippen molar-refractivity contribution in [1.29, 1.82) is 0 Å². The van der Waals surface area contributed by atoms with Crippen molar-refractivity contribution in [3.63, 3.8) is 0 Å². The largest absolute Gasteiger partial charge is 0.495 e. The summed E-state index contributed by atoms with van der Waals surface area (Å²) in [5, 5.41) is 10.9. The molecule has 0 aliphatic heterocycles. The van der Waals surface area contributed by atoms with Crippen molar-refractivity contribution in [2.75, 3.05) is 7.11 Å². The van der Waals surface area contributed by atoms with Gasteiger partial charge < -0.3 is 14.6 Å². The van der Waals surface area contributed by atoms with Crippen molar-refractivity contribution in [3.05, 3.63) is 52.8 Å². The molecule has 0 aliphatic rings. The van der Waals surface area contributed by atoms with E-state index in [0.29, 0.717) is 27.6 Å². The molecule has 2 rings (SSSR count). The Bertz CT molecular complexity index is 616. The van der Waals surface area contributed by atoms with Gasteiger partial charge in [0.25, 0.3) is 0 Å². The summed E-state index contributed by atoms with van der Waals surface area (Å²) >= 11 is 6.08. The molecule has 112 valence electrons. The Morgan fingerprint density at radius 1 is 1.14 bits per heavy atom. The standard InChI is InChI=1S/C16H18ClNO3/c1-10(2)21-13-6-12(8-18-9-13)16(19)11-4-5-15(20-3)14(17)7-11/h4-10,16,19H,1-3H3. The zero-order valence-corrected chi connectivity index (χ0v) is 13.0. The fourth-order valence-corrected chi connectivity index (χ4v) is 2.23. The number of hydrogen-bond donors (Lipinski definition) is 1. The highest BCUT2D eigenvalue weighted by Crippen LogP contribution is 2.31. The average molecular weight is 308 g/mol. The van der Waals surface area contributed by atoms with Crippen molar-refractivity contribution in [2.24, 2.45) is 0 Å². The number of pyridine rings is 1. The van der Waals surface area contributed by atoms with Gasteiger partial charge in [0.05, 0.1) is 24.4 Å². The van der Waals surface area contributed by atoms with Gasteiger partial charge in [0.15, 0.2) is 0 Å². The molecule has 1 N–H and O–H groups in total. The van der Waals surface area contributed by atoms with Crippen LogP contribution >= 0.6 is 11.6 Å². The number of rotatable bonds is 5. The Kier molecular flexibility index (Phi) is 5.04. The number of nitrogens with zero attached hydrogens (tertiary/aromatic N) is 1. The Balaban J connectivity index is 2.27. The lowest BCUT2D eigenvalue weighted by Gasteiger charge is -2.15. The van der Waals surface area contributed by atoms with Gasteiger partial charge in [-0.25, -0.2) is 0 Å². The molecule has 0 bridgehead atoms. The first-order chi connectivity index (χ1) is 10.0. The van der Waals surface area contributed by atoms with Gasteiger partial charge in [-0.05, 0) is 37.6 Å². The minimum atomic E-state index is -0.823. The van der Waals surface area contributed by atoms with Crippen LogP contribution in [0.4, 0.5) is 0 Å². The first-order valence-electron chi connectivity index (χ1n) is 6.64. The van der Waals surface area contributed by atoms with E-state index < -0.39 is 6.10 Å². The van der Waals surface area contributed by atoms with E-state index in [0.717, 1.165) is 0 Å². The highest BCUT2D eigenvalue weighted by Gasteiger charge is 2.14. The van der Waals surface area contributed by atoms with Crippen LogP contribution < -0.4 is 9.47 Å². The molecule has 0 fully saturated rings. The zero-order chi connectivity index (χ0) is 15.4. The van der Waals surface area contributed by atoms with Gasteiger partial charge in [-0.2, -0.15) is 0 Å². The molecule has 0 spiro atoms. The van der Waals surface area contributed by atoms with Crippen LogP contribution in [0, 0.1) is 0 Å². The molecule has 2 aromatic rings. The fraction of sp³-hybridized carbons (Fsp3) is 0.312. The van der Waals surface area contributed by atoms with Crippen molar-refractivity contribution in [1.82, 2.24) is 4.98 Å². The summed E-state index contributed by atoms with van der Waals surface area (Å²) in [6.45, 7) is 3.87. The number of aromatic nitrogens is 1. The van der Waals surface area contributed by atoms with E-state index in [1.54, 1.807) is 43.8 Å². The van der Waals surface area contributed by atoms with Crippen LogP contribution in [0.5, 0.6) is 11.5 Å². The molecule has 0 saturated carbocycles. The van der Waals surface area contributed by atoms with Gasteiger partial charge in [-0.15, -0.1) is 0 Å². The maximum absolute atomic E-state index is 10.4. The molecule has 1 aromatic heterocycles. The fourth-order valence-electron chi connectivity index (χ4n) is 1.97. The van der Waals surface area contributed by atoms with E-state index in [2.05, 4.69) is 4.98 Å². The van der Waals surface area contributed by atoms with Crippen LogP contribution in [0.25, 0.3) is 0 Å². The molecular formula is C16H18ClNO3. The smallest absolute Gasteiger partial charge is 0.138 e. The number of aliphatic hydroxyl groups excluding tert-OH is 1. The third-order valence-electron chi connectivity index (χ3n) is 2.91. The molecule has 4 nitrogen and oxygen atoms in total. The summed E-state index contributed by atoms with van der Waals surface area (Å²) in [5.74, 6) is 1.20. The zero-order valence-electron chi connectivity index (χ0n) is 12.2. The lowest BCUT2D eigenvalue weighted by atomic mass is 10.0. The molecule has 0 saturated heterocycles. The number of methoxy groups -OCH3 is 1. The van der Waals surface area contributed by atoms with Gasteiger partial charge in [-0.1, -0.05) is 17.7 Å². The molecule has 0 amide bonds. The van der Waals surface area contributed by atoms with E-state index in [1.807, 2.05) is 13.8 Å². The van der Waals surface area contributed by atoms with Crippen LogP contribution in [0.2, 0.25) is 5.02 Å². The van der Waals surface area contributed by atoms with E-state index in [9.17, 15) is 5.11 Å². The summed E-state index contributed by atoms with van der Waals surface area (Å²) in [6, 6.07) is 6.95. The van der Waals surface area contributed by atoms with E-state index in [1.165, 1.54) is 0 Å². The molecule has 21 heavy (non-hydrogen) atoms. The maximum Gasteiger partial charge on any atom is 0.138 e. The first kappa shape index (κ1) is 15.6. The summed E-state index contributed by atoms with van der Waals surface area (Å²) in [6.07, 6.45) is 2.46. The summed E-state index contributed by atoms with van der Waals surface area (Å²) in [5.41, 5.74) is 1.32. The van der Waals surface area contributed by atoms with Gasteiger partial charge in [0, 0.05) is 11.8 Å². The highest BCUT2D eigenvalue weighted by atomic mass is 35.5. The van der Waals surface area contributed by atoms with Crippen LogP contribution in [-0.2, 0) is 0 Å². The minimum Gasteiger partial charge on any atom is -0.495 e. The Morgan fingerprint density at radius 3 is 2.52 bits per heavy atom. The SMILES string of the molecule is COc1ccc(C(O)c2cncc(OC(C)C)c2)cc1Cl. The van der Waals surface area contributed by atoms with E-state index in [4.69, 9.17) is 21.1 Å². The second-order valence-corrected chi connectivity index (χ2v) is 5.32.